The Balaban J connectivity index is 1.34. The van der Waals surface area contributed by atoms with Gasteiger partial charge in [0.15, 0.2) is 10.8 Å². The van der Waals surface area contributed by atoms with Crippen LogP contribution < -0.4 is 4.90 Å². The molecular formula is C24H24FN5O2S2. The van der Waals surface area contributed by atoms with Gasteiger partial charge in [-0.25, -0.2) is 12.8 Å². The van der Waals surface area contributed by atoms with E-state index >= 15 is 0 Å². The molecule has 0 aliphatic carbocycles. The maximum atomic E-state index is 13.5. The summed E-state index contributed by atoms with van der Waals surface area (Å²) >= 11 is 1.53. The zero-order valence-electron chi connectivity index (χ0n) is 18.6. The molecule has 0 unspecified atom stereocenters. The van der Waals surface area contributed by atoms with Gasteiger partial charge in [0.25, 0.3) is 0 Å². The van der Waals surface area contributed by atoms with Crippen LogP contribution in [0.25, 0.3) is 5.65 Å². The topological polar surface area (TPSA) is 70.8 Å². The van der Waals surface area contributed by atoms with Crippen molar-refractivity contribution >= 4 is 33.1 Å². The average Bonchev–Trinajstić information content (AvgIpc) is 3.27. The highest BCUT2D eigenvalue weighted by atomic mass is 32.2. The van der Waals surface area contributed by atoms with Gasteiger partial charge in [0.1, 0.15) is 10.7 Å². The Morgan fingerprint density at radius 3 is 2.41 bits per heavy atom. The van der Waals surface area contributed by atoms with E-state index in [-0.39, 0.29) is 10.7 Å². The van der Waals surface area contributed by atoms with Crippen LogP contribution >= 0.6 is 11.8 Å². The van der Waals surface area contributed by atoms with Crippen molar-refractivity contribution < 1.29 is 12.8 Å². The maximum absolute atomic E-state index is 13.5. The number of thioether (sulfide) groups is 1. The minimum Gasteiger partial charge on any atom is -0.369 e. The molecule has 1 saturated heterocycles. The summed E-state index contributed by atoms with van der Waals surface area (Å²) < 4.78 is 43.4. The van der Waals surface area contributed by atoms with Crippen LogP contribution in [0.5, 0.6) is 0 Å². The molecule has 7 nitrogen and oxygen atoms in total. The minimum absolute atomic E-state index is 0.153. The summed E-state index contributed by atoms with van der Waals surface area (Å²) in [5, 5.41) is 9.15. The number of anilines is 1. The quantitative estimate of drug-likeness (QED) is 0.376. The zero-order chi connectivity index (χ0) is 23.7. The molecule has 34 heavy (non-hydrogen) atoms. The van der Waals surface area contributed by atoms with Crippen molar-refractivity contribution in [2.24, 2.45) is 0 Å². The van der Waals surface area contributed by atoms with Crippen LogP contribution in [-0.4, -0.2) is 53.5 Å². The number of sulfonamides is 1. The number of hydrogen-bond donors (Lipinski definition) is 0. The normalized spacial score (nSPS) is 15.2. The Morgan fingerprint density at radius 1 is 0.941 bits per heavy atom. The predicted octanol–water partition coefficient (Wildman–Crippen LogP) is 3.98. The van der Waals surface area contributed by atoms with Crippen LogP contribution in [0.1, 0.15) is 11.1 Å². The van der Waals surface area contributed by atoms with Crippen molar-refractivity contribution in [1.82, 2.24) is 18.9 Å². The largest absolute Gasteiger partial charge is 0.369 e. The number of halogens is 1. The summed E-state index contributed by atoms with van der Waals surface area (Å²) in [7, 11) is -3.75. The molecular weight excluding hydrogens is 473 g/mol. The molecule has 0 radical (unpaired) electrons. The van der Waals surface area contributed by atoms with E-state index in [2.05, 4.69) is 34.2 Å². The van der Waals surface area contributed by atoms with E-state index in [0.717, 1.165) is 11.4 Å². The Hall–Kier alpha value is -2.95. The second-order valence-corrected chi connectivity index (χ2v) is 11.0. The van der Waals surface area contributed by atoms with Gasteiger partial charge in [-0.1, -0.05) is 36.0 Å². The average molecular weight is 498 g/mol. The lowest BCUT2D eigenvalue weighted by atomic mass is 10.1. The highest BCUT2D eigenvalue weighted by molar-refractivity contribution is 7.98. The molecule has 0 spiro atoms. The number of rotatable bonds is 6. The van der Waals surface area contributed by atoms with Gasteiger partial charge in [-0.3, -0.25) is 4.40 Å². The number of nitrogens with zero attached hydrogens (tertiary/aromatic N) is 5. The van der Waals surface area contributed by atoms with Gasteiger partial charge in [-0.15, -0.1) is 10.2 Å². The standard InChI is InChI=1S/C24H24FN5O2S2/c1-18-5-2-3-6-19(18)17-33-24-27-26-23-22(7-4-12-30(23)24)34(31,32)29-15-13-28(14-16-29)21-10-8-20(25)9-11-21/h2-12H,13-17H2,1H3. The molecule has 1 aliphatic rings. The smallest absolute Gasteiger partial charge is 0.246 e. The molecule has 2 aromatic heterocycles. The summed E-state index contributed by atoms with van der Waals surface area (Å²) in [5.74, 6) is 0.429. The van der Waals surface area contributed by atoms with Crippen LogP contribution in [0.2, 0.25) is 0 Å². The highest BCUT2D eigenvalue weighted by Gasteiger charge is 2.31. The van der Waals surface area contributed by atoms with Gasteiger partial charge < -0.3 is 4.90 Å². The first-order valence-corrected chi connectivity index (χ1v) is 13.4. The number of fused-ring (bicyclic) bond motifs is 1. The van der Waals surface area contributed by atoms with Gasteiger partial charge in [-0.2, -0.15) is 4.31 Å². The molecule has 176 valence electrons. The second-order valence-electron chi connectivity index (χ2n) is 8.13. The van der Waals surface area contributed by atoms with Crippen molar-refractivity contribution in [3.63, 3.8) is 0 Å². The molecule has 10 heteroatoms. The fraction of sp³-hybridized carbons (Fsp3) is 0.250. The summed E-state index contributed by atoms with van der Waals surface area (Å²) in [6.45, 7) is 3.79. The first kappa shape index (κ1) is 22.8. The fourth-order valence-electron chi connectivity index (χ4n) is 4.06. The molecule has 0 bridgehead atoms. The molecule has 0 saturated carbocycles. The van der Waals surface area contributed by atoms with Crippen LogP contribution in [-0.2, 0) is 15.8 Å². The monoisotopic (exact) mass is 497 g/mol. The summed E-state index contributed by atoms with van der Waals surface area (Å²) in [5.41, 5.74) is 3.61. The van der Waals surface area contributed by atoms with Crippen LogP contribution in [0, 0.1) is 12.7 Å². The molecule has 4 aromatic rings. The number of pyridine rings is 1. The Kier molecular flexibility index (Phi) is 6.28. The predicted molar refractivity (Wildman–Crippen MR) is 131 cm³/mol. The van der Waals surface area contributed by atoms with Gasteiger partial charge in [0, 0.05) is 43.8 Å². The van der Waals surface area contributed by atoms with E-state index in [9.17, 15) is 12.8 Å². The SMILES string of the molecule is Cc1ccccc1CSc1nnc2c(S(=O)(=O)N3CCN(c4ccc(F)cc4)CC3)cccn12. The van der Waals surface area contributed by atoms with Crippen molar-refractivity contribution in [3.8, 4) is 0 Å². The molecule has 3 heterocycles. The number of hydrogen-bond acceptors (Lipinski definition) is 6. The van der Waals surface area contributed by atoms with Crippen LogP contribution in [0.15, 0.2) is 76.9 Å². The number of aryl methyl sites for hydroxylation is 1. The van der Waals surface area contributed by atoms with Crippen LogP contribution in [0.3, 0.4) is 0 Å². The summed E-state index contributed by atoms with van der Waals surface area (Å²) in [6, 6.07) is 17.7. The number of benzene rings is 2. The summed E-state index contributed by atoms with van der Waals surface area (Å²) in [4.78, 5) is 2.21. The van der Waals surface area contributed by atoms with Crippen molar-refractivity contribution in [3.05, 3.63) is 83.8 Å². The lowest BCUT2D eigenvalue weighted by Gasteiger charge is -2.35. The van der Waals surface area contributed by atoms with Crippen molar-refractivity contribution in [2.75, 3.05) is 31.1 Å². The maximum Gasteiger partial charge on any atom is 0.246 e. The van der Waals surface area contributed by atoms with Crippen molar-refractivity contribution in [1.29, 1.82) is 0 Å². The molecule has 1 aliphatic heterocycles. The van der Waals surface area contributed by atoms with Crippen LogP contribution in [0.4, 0.5) is 10.1 Å². The highest BCUT2D eigenvalue weighted by Crippen LogP contribution is 2.28. The van der Waals surface area contributed by atoms with E-state index in [1.165, 1.54) is 39.3 Å². The Morgan fingerprint density at radius 2 is 1.68 bits per heavy atom. The van der Waals surface area contributed by atoms with Gasteiger partial charge in [-0.05, 0) is 54.4 Å². The molecule has 1 fully saturated rings. The Bertz CT molecular complexity index is 1420. The fourth-order valence-corrected chi connectivity index (χ4v) is 6.60. The zero-order valence-corrected chi connectivity index (χ0v) is 20.3. The summed E-state index contributed by atoms with van der Waals surface area (Å²) in [6.07, 6.45) is 1.79. The number of piperazine rings is 1. The van der Waals surface area contributed by atoms with E-state index in [1.54, 1.807) is 34.9 Å². The first-order chi connectivity index (χ1) is 16.4. The molecule has 0 N–H and O–H groups in total. The third-order valence-electron chi connectivity index (χ3n) is 6.03. The third-order valence-corrected chi connectivity index (χ3v) is 8.95. The van der Waals surface area contributed by atoms with E-state index in [1.807, 2.05) is 12.1 Å². The second kappa shape index (κ2) is 9.36. The van der Waals surface area contributed by atoms with Gasteiger partial charge in [0.05, 0.1) is 0 Å². The van der Waals surface area contributed by atoms with Gasteiger partial charge >= 0.3 is 0 Å². The molecule has 2 aromatic carbocycles. The third kappa shape index (κ3) is 4.40. The lowest BCUT2D eigenvalue weighted by molar-refractivity contribution is 0.385. The molecule has 0 amide bonds. The lowest BCUT2D eigenvalue weighted by Crippen LogP contribution is -2.48. The van der Waals surface area contributed by atoms with Crippen molar-refractivity contribution in [2.45, 2.75) is 22.7 Å². The Labute approximate surface area is 202 Å². The molecule has 0 atom stereocenters. The van der Waals surface area contributed by atoms with Gasteiger partial charge in [0.2, 0.25) is 10.0 Å². The van der Waals surface area contributed by atoms with E-state index < -0.39 is 10.0 Å². The van der Waals surface area contributed by atoms with E-state index in [4.69, 9.17) is 0 Å². The first-order valence-electron chi connectivity index (χ1n) is 11.0. The minimum atomic E-state index is -3.75. The molecule has 5 rings (SSSR count). The number of aromatic nitrogens is 3. The van der Waals surface area contributed by atoms with E-state index in [0.29, 0.717) is 37.0 Å².